The highest BCUT2D eigenvalue weighted by atomic mass is 19.4. The van der Waals surface area contributed by atoms with Crippen molar-refractivity contribution >= 4 is 11.6 Å². The summed E-state index contributed by atoms with van der Waals surface area (Å²) in [7, 11) is 0. The Balaban J connectivity index is 1.96. The van der Waals surface area contributed by atoms with Gasteiger partial charge in [0.25, 0.3) is 5.91 Å². The molecule has 0 aliphatic carbocycles. The number of ether oxygens (including phenoxy) is 1. The van der Waals surface area contributed by atoms with E-state index in [1.807, 2.05) is 0 Å². The predicted octanol–water partition coefficient (Wildman–Crippen LogP) is 2.86. The van der Waals surface area contributed by atoms with E-state index in [4.69, 9.17) is 5.73 Å². The lowest BCUT2D eigenvalue weighted by molar-refractivity contribution is -0.274. The Morgan fingerprint density at radius 3 is 2.58 bits per heavy atom. The molecule has 5 nitrogen and oxygen atoms in total. The minimum Gasteiger partial charge on any atom is -0.406 e. The summed E-state index contributed by atoms with van der Waals surface area (Å²) in [5.41, 5.74) is 7.74. The van der Waals surface area contributed by atoms with E-state index < -0.39 is 18.3 Å². The van der Waals surface area contributed by atoms with Crippen LogP contribution in [0, 0.1) is 0 Å². The number of halogens is 3. The van der Waals surface area contributed by atoms with Crippen LogP contribution in [0.25, 0.3) is 11.1 Å². The SMILES string of the molecule is N[C@H]1Cc2cc(-c3cccc(OC(F)(F)F)c3)ccc2N(O)C1=O. The zero-order chi connectivity index (χ0) is 17.5. The minimum atomic E-state index is -4.76. The van der Waals surface area contributed by atoms with Gasteiger partial charge < -0.3 is 10.5 Å². The number of nitrogens with zero attached hydrogens (tertiary/aromatic N) is 1. The monoisotopic (exact) mass is 338 g/mol. The number of rotatable bonds is 2. The Labute approximate surface area is 135 Å². The Morgan fingerprint density at radius 2 is 1.88 bits per heavy atom. The highest BCUT2D eigenvalue weighted by Crippen LogP contribution is 2.33. The van der Waals surface area contributed by atoms with Gasteiger partial charge in [-0.3, -0.25) is 10.0 Å². The van der Waals surface area contributed by atoms with Crippen molar-refractivity contribution < 1.29 is 27.9 Å². The first-order chi connectivity index (χ1) is 11.2. The zero-order valence-electron chi connectivity index (χ0n) is 12.2. The van der Waals surface area contributed by atoms with E-state index in [2.05, 4.69) is 4.74 Å². The fourth-order valence-corrected chi connectivity index (χ4v) is 2.61. The van der Waals surface area contributed by atoms with E-state index in [1.165, 1.54) is 24.3 Å². The van der Waals surface area contributed by atoms with Gasteiger partial charge in [0.1, 0.15) is 5.75 Å². The van der Waals surface area contributed by atoms with E-state index in [9.17, 15) is 23.2 Å². The van der Waals surface area contributed by atoms with Crippen molar-refractivity contribution in [2.45, 2.75) is 18.8 Å². The minimum absolute atomic E-state index is 0.234. The lowest BCUT2D eigenvalue weighted by atomic mass is 9.95. The largest absolute Gasteiger partial charge is 0.573 e. The Bertz CT molecular complexity index is 792. The van der Waals surface area contributed by atoms with Crippen molar-refractivity contribution in [1.29, 1.82) is 0 Å². The third kappa shape index (κ3) is 3.19. The summed E-state index contributed by atoms with van der Waals surface area (Å²) >= 11 is 0. The molecule has 0 aromatic heterocycles. The third-order valence-corrected chi connectivity index (χ3v) is 3.67. The molecule has 24 heavy (non-hydrogen) atoms. The molecule has 0 fully saturated rings. The van der Waals surface area contributed by atoms with Crippen molar-refractivity contribution in [3.63, 3.8) is 0 Å². The molecule has 1 aliphatic rings. The summed E-state index contributed by atoms with van der Waals surface area (Å²) < 4.78 is 40.9. The van der Waals surface area contributed by atoms with Crippen molar-refractivity contribution in [2.24, 2.45) is 5.73 Å². The van der Waals surface area contributed by atoms with Gasteiger partial charge in [0.2, 0.25) is 0 Å². The lowest BCUT2D eigenvalue weighted by Gasteiger charge is -2.28. The highest BCUT2D eigenvalue weighted by molar-refractivity contribution is 5.98. The number of alkyl halides is 3. The molecule has 2 aromatic carbocycles. The maximum atomic E-state index is 12.3. The Morgan fingerprint density at radius 1 is 1.17 bits per heavy atom. The fourth-order valence-electron chi connectivity index (χ4n) is 2.61. The quantitative estimate of drug-likeness (QED) is 0.826. The molecular weight excluding hydrogens is 325 g/mol. The van der Waals surface area contributed by atoms with Gasteiger partial charge in [-0.2, -0.15) is 5.06 Å². The van der Waals surface area contributed by atoms with Crippen LogP contribution < -0.4 is 15.5 Å². The highest BCUT2D eigenvalue weighted by Gasteiger charge is 2.31. The molecule has 0 spiro atoms. The number of hydroxylamine groups is 1. The van der Waals surface area contributed by atoms with Crippen LogP contribution in [0.2, 0.25) is 0 Å². The smallest absolute Gasteiger partial charge is 0.406 e. The fraction of sp³-hybridized carbons (Fsp3) is 0.188. The number of hydrogen-bond donors (Lipinski definition) is 2. The van der Waals surface area contributed by atoms with Gasteiger partial charge in [-0.05, 0) is 47.4 Å². The average molecular weight is 338 g/mol. The first-order valence-corrected chi connectivity index (χ1v) is 7.02. The number of fused-ring (bicyclic) bond motifs is 1. The molecule has 2 aromatic rings. The van der Waals surface area contributed by atoms with Gasteiger partial charge in [-0.1, -0.05) is 18.2 Å². The molecule has 0 saturated heterocycles. The summed E-state index contributed by atoms with van der Waals surface area (Å²) in [6, 6.07) is 9.48. The van der Waals surface area contributed by atoms with Crippen molar-refractivity contribution in [3.05, 3.63) is 48.0 Å². The number of hydrogen-bond acceptors (Lipinski definition) is 4. The van der Waals surface area contributed by atoms with E-state index in [1.54, 1.807) is 18.2 Å². The molecule has 1 atom stereocenters. The lowest BCUT2D eigenvalue weighted by Crippen LogP contribution is -2.47. The van der Waals surface area contributed by atoms with E-state index in [-0.39, 0.29) is 12.2 Å². The van der Waals surface area contributed by atoms with E-state index in [0.29, 0.717) is 27.4 Å². The van der Waals surface area contributed by atoms with Crippen molar-refractivity contribution in [2.75, 3.05) is 5.06 Å². The molecule has 3 rings (SSSR count). The van der Waals surface area contributed by atoms with Gasteiger partial charge in [0.15, 0.2) is 0 Å². The standard InChI is InChI=1S/C16H13F3N2O3/c17-16(18,19)24-12-3-1-2-9(7-12)10-4-5-14-11(6-10)8-13(20)15(22)21(14)23/h1-7,13,23H,8,20H2/t13-/m0/s1. The maximum absolute atomic E-state index is 12.3. The second kappa shape index (κ2) is 5.81. The molecular formula is C16H13F3N2O3. The third-order valence-electron chi connectivity index (χ3n) is 3.67. The summed E-state index contributed by atoms with van der Waals surface area (Å²) in [6.07, 6.45) is -4.53. The molecule has 1 amide bonds. The van der Waals surface area contributed by atoms with Gasteiger partial charge in [-0.15, -0.1) is 13.2 Å². The van der Waals surface area contributed by atoms with E-state index >= 15 is 0 Å². The molecule has 0 saturated carbocycles. The second-order valence-corrected chi connectivity index (χ2v) is 5.38. The second-order valence-electron chi connectivity index (χ2n) is 5.38. The van der Waals surface area contributed by atoms with Gasteiger partial charge in [-0.25, -0.2) is 0 Å². The Kier molecular flexibility index (Phi) is 3.94. The van der Waals surface area contributed by atoms with Crippen LogP contribution in [0.4, 0.5) is 18.9 Å². The van der Waals surface area contributed by atoms with Crippen LogP contribution in [0.1, 0.15) is 5.56 Å². The van der Waals surface area contributed by atoms with Crippen molar-refractivity contribution in [3.8, 4) is 16.9 Å². The molecule has 1 heterocycles. The van der Waals surface area contributed by atoms with Gasteiger partial charge in [0, 0.05) is 0 Å². The van der Waals surface area contributed by atoms with Crippen LogP contribution in [0.15, 0.2) is 42.5 Å². The van der Waals surface area contributed by atoms with Gasteiger partial charge in [0.05, 0.1) is 11.7 Å². The van der Waals surface area contributed by atoms with Crippen LogP contribution >= 0.6 is 0 Å². The zero-order valence-corrected chi connectivity index (χ0v) is 12.2. The molecule has 126 valence electrons. The van der Waals surface area contributed by atoms with Crippen molar-refractivity contribution in [1.82, 2.24) is 0 Å². The molecule has 8 heteroatoms. The number of anilines is 1. The van der Waals surface area contributed by atoms with Crippen LogP contribution in [-0.4, -0.2) is 23.5 Å². The first kappa shape index (κ1) is 16.3. The molecule has 0 bridgehead atoms. The molecule has 1 aliphatic heterocycles. The number of nitrogens with two attached hydrogens (primary N) is 1. The maximum Gasteiger partial charge on any atom is 0.573 e. The topological polar surface area (TPSA) is 75.8 Å². The number of carbonyl (C=O) groups excluding carboxylic acids is 1. The summed E-state index contributed by atoms with van der Waals surface area (Å²) in [4.78, 5) is 11.6. The predicted molar refractivity (Wildman–Crippen MR) is 79.5 cm³/mol. The number of amides is 1. The average Bonchev–Trinajstić information content (AvgIpc) is 2.51. The number of carbonyl (C=O) groups is 1. The molecule has 0 radical (unpaired) electrons. The van der Waals surface area contributed by atoms with Gasteiger partial charge >= 0.3 is 6.36 Å². The molecule has 0 unspecified atom stereocenters. The summed E-state index contributed by atoms with van der Waals surface area (Å²) in [5.74, 6) is -0.927. The summed E-state index contributed by atoms with van der Waals surface area (Å²) in [5, 5.41) is 10.3. The van der Waals surface area contributed by atoms with Crippen LogP contribution in [-0.2, 0) is 11.2 Å². The first-order valence-electron chi connectivity index (χ1n) is 7.02. The van der Waals surface area contributed by atoms with E-state index in [0.717, 1.165) is 0 Å². The Hall–Kier alpha value is -2.58. The molecule has 3 N–H and O–H groups in total. The summed E-state index contributed by atoms with van der Waals surface area (Å²) in [6.45, 7) is 0. The normalized spacial score (nSPS) is 17.6. The van der Waals surface area contributed by atoms with Crippen LogP contribution in [0.3, 0.4) is 0 Å². The van der Waals surface area contributed by atoms with Crippen LogP contribution in [0.5, 0.6) is 5.75 Å². The number of benzene rings is 2.